The van der Waals surface area contributed by atoms with E-state index in [1.807, 2.05) is 30.3 Å². The van der Waals surface area contributed by atoms with Crippen LogP contribution in [0.2, 0.25) is 10.0 Å². The number of urea groups is 1. The zero-order chi connectivity index (χ0) is 26.7. The number of carbonyl (C=O) groups excluding carboxylic acids is 3. The molecule has 4 amide bonds. The van der Waals surface area contributed by atoms with Crippen molar-refractivity contribution >= 4 is 47.0 Å². The molecular formula is C25H27Cl2N5O5. The molecule has 0 saturated carbocycles. The van der Waals surface area contributed by atoms with Gasteiger partial charge >= 0.3 is 12.0 Å². The van der Waals surface area contributed by atoms with E-state index >= 15 is 0 Å². The van der Waals surface area contributed by atoms with E-state index in [4.69, 9.17) is 23.2 Å². The van der Waals surface area contributed by atoms with Crippen molar-refractivity contribution in [3.63, 3.8) is 0 Å². The number of hydrogen-bond acceptors (Lipinski definition) is 5. The summed E-state index contributed by atoms with van der Waals surface area (Å²) in [4.78, 5) is 54.2. The molecule has 0 aromatic heterocycles. The summed E-state index contributed by atoms with van der Waals surface area (Å²) in [5, 5.41) is 15.8. The van der Waals surface area contributed by atoms with E-state index in [-0.39, 0.29) is 50.8 Å². The van der Waals surface area contributed by atoms with Crippen LogP contribution in [0.3, 0.4) is 0 Å². The molecule has 12 heteroatoms. The highest BCUT2D eigenvalue weighted by Crippen LogP contribution is 2.30. The number of benzene rings is 2. The van der Waals surface area contributed by atoms with E-state index in [0.29, 0.717) is 15.6 Å². The monoisotopic (exact) mass is 547 g/mol. The number of hydrazine groups is 1. The number of nitrogens with one attached hydrogen (secondary N) is 1. The van der Waals surface area contributed by atoms with Gasteiger partial charge in [0, 0.05) is 26.6 Å². The molecule has 0 spiro atoms. The summed E-state index contributed by atoms with van der Waals surface area (Å²) in [6, 6.07) is 13.0. The summed E-state index contributed by atoms with van der Waals surface area (Å²) >= 11 is 12.2. The van der Waals surface area contributed by atoms with Crippen LogP contribution in [0.15, 0.2) is 48.5 Å². The minimum absolute atomic E-state index is 0.0392. The predicted octanol–water partition coefficient (Wildman–Crippen LogP) is 2.80. The SMILES string of the molecule is CN1CC(=O)N2[C@@H](CCC(=O)O)C(=O)N(Cc3ccc(Cl)c(Cl)c3)C[C@@H]2N1C(=O)NCc1ccccc1. The van der Waals surface area contributed by atoms with Crippen molar-refractivity contribution < 1.29 is 24.3 Å². The van der Waals surface area contributed by atoms with Crippen molar-refractivity contribution in [2.75, 3.05) is 20.1 Å². The highest BCUT2D eigenvalue weighted by molar-refractivity contribution is 6.42. The Bertz CT molecular complexity index is 1200. The maximum absolute atomic E-state index is 13.5. The minimum atomic E-state index is -1.08. The second kappa shape index (κ2) is 11.4. The maximum Gasteiger partial charge on any atom is 0.334 e. The zero-order valence-corrected chi connectivity index (χ0v) is 21.7. The first-order valence-electron chi connectivity index (χ1n) is 11.7. The summed E-state index contributed by atoms with van der Waals surface area (Å²) in [6.07, 6.45) is -1.19. The van der Waals surface area contributed by atoms with Gasteiger partial charge in [-0.2, -0.15) is 0 Å². The Morgan fingerprint density at radius 2 is 1.78 bits per heavy atom. The number of halogens is 2. The number of carboxylic acids is 1. The molecule has 37 heavy (non-hydrogen) atoms. The highest BCUT2D eigenvalue weighted by atomic mass is 35.5. The molecule has 10 nitrogen and oxygen atoms in total. The third kappa shape index (κ3) is 5.98. The van der Waals surface area contributed by atoms with Gasteiger partial charge in [0.1, 0.15) is 12.2 Å². The Hall–Kier alpha value is -3.34. The summed E-state index contributed by atoms with van der Waals surface area (Å²) in [5.41, 5.74) is 1.62. The van der Waals surface area contributed by atoms with E-state index < -0.39 is 24.2 Å². The quantitative estimate of drug-likeness (QED) is 0.551. The van der Waals surface area contributed by atoms with Crippen LogP contribution in [0, 0.1) is 0 Å². The molecule has 0 radical (unpaired) electrons. The highest BCUT2D eigenvalue weighted by Gasteiger charge is 2.50. The lowest BCUT2D eigenvalue weighted by atomic mass is 10.0. The fourth-order valence-corrected chi connectivity index (χ4v) is 5.02. The summed E-state index contributed by atoms with van der Waals surface area (Å²) in [7, 11) is 1.63. The van der Waals surface area contributed by atoms with Gasteiger partial charge in [-0.1, -0.05) is 59.6 Å². The van der Waals surface area contributed by atoms with Crippen molar-refractivity contribution in [3.05, 3.63) is 69.7 Å². The summed E-state index contributed by atoms with van der Waals surface area (Å²) in [5.74, 6) is -1.81. The summed E-state index contributed by atoms with van der Waals surface area (Å²) in [6.45, 7) is 0.344. The molecule has 2 aliphatic rings. The van der Waals surface area contributed by atoms with Gasteiger partial charge in [-0.3, -0.25) is 14.4 Å². The smallest absolute Gasteiger partial charge is 0.334 e. The molecule has 2 heterocycles. The van der Waals surface area contributed by atoms with Gasteiger partial charge in [-0.25, -0.2) is 14.8 Å². The number of hydrogen-bond donors (Lipinski definition) is 2. The third-order valence-corrected chi connectivity index (χ3v) is 7.16. The molecule has 4 rings (SSSR count). The van der Waals surface area contributed by atoms with E-state index in [2.05, 4.69) is 5.32 Å². The van der Waals surface area contributed by atoms with Crippen molar-refractivity contribution in [2.24, 2.45) is 0 Å². The summed E-state index contributed by atoms with van der Waals surface area (Å²) < 4.78 is 0. The lowest BCUT2D eigenvalue weighted by molar-refractivity contribution is -0.188. The maximum atomic E-state index is 13.5. The second-order valence-corrected chi connectivity index (χ2v) is 9.82. The van der Waals surface area contributed by atoms with Crippen LogP contribution in [0.1, 0.15) is 24.0 Å². The van der Waals surface area contributed by atoms with Crippen molar-refractivity contribution in [2.45, 2.75) is 38.1 Å². The Balaban J connectivity index is 1.62. The second-order valence-electron chi connectivity index (χ2n) is 9.00. The molecule has 0 bridgehead atoms. The standard InChI is InChI=1S/C25H27Cl2N5O5/c1-29-15-22(33)31-20(9-10-23(34)35)24(36)30(13-17-7-8-18(26)19(27)11-17)14-21(31)32(29)25(37)28-12-16-5-3-2-4-6-16/h2-8,11,20-21H,9-10,12-15H2,1H3,(H,28,37)(H,34,35)/t20-,21-/m0/s1. The van der Waals surface area contributed by atoms with Gasteiger partial charge < -0.3 is 20.2 Å². The third-order valence-electron chi connectivity index (χ3n) is 6.42. The van der Waals surface area contributed by atoms with Crippen molar-refractivity contribution in [1.82, 2.24) is 25.1 Å². The molecule has 2 aliphatic heterocycles. The van der Waals surface area contributed by atoms with Crippen LogP contribution in [-0.4, -0.2) is 81.1 Å². The van der Waals surface area contributed by atoms with E-state index in [9.17, 15) is 24.3 Å². The van der Waals surface area contributed by atoms with Crippen LogP contribution in [0.4, 0.5) is 4.79 Å². The Labute approximate surface area is 224 Å². The lowest BCUT2D eigenvalue weighted by Gasteiger charge is -2.54. The molecule has 2 N–H and O–H groups in total. The van der Waals surface area contributed by atoms with Crippen LogP contribution in [-0.2, 0) is 27.5 Å². The van der Waals surface area contributed by atoms with Crippen LogP contribution in [0.5, 0.6) is 0 Å². The molecule has 196 valence electrons. The molecule has 2 aromatic rings. The number of rotatable bonds is 7. The van der Waals surface area contributed by atoms with E-state index in [1.54, 1.807) is 25.2 Å². The zero-order valence-electron chi connectivity index (χ0n) is 20.1. The van der Waals surface area contributed by atoms with Gasteiger partial charge in [-0.05, 0) is 29.7 Å². The van der Waals surface area contributed by atoms with Crippen LogP contribution in [0.25, 0.3) is 0 Å². The first-order chi connectivity index (χ1) is 17.7. The van der Waals surface area contributed by atoms with E-state index in [0.717, 1.165) is 5.56 Å². The molecular weight excluding hydrogens is 521 g/mol. The topological polar surface area (TPSA) is 114 Å². The number of fused-ring (bicyclic) bond motifs is 1. The number of carbonyl (C=O) groups is 4. The molecule has 0 unspecified atom stereocenters. The number of piperazine rings is 1. The molecule has 2 fully saturated rings. The van der Waals surface area contributed by atoms with Crippen molar-refractivity contribution in [1.29, 1.82) is 0 Å². The number of aliphatic carboxylic acids is 1. The normalized spacial score (nSPS) is 20.1. The molecule has 2 atom stereocenters. The largest absolute Gasteiger partial charge is 0.481 e. The van der Waals surface area contributed by atoms with Crippen molar-refractivity contribution in [3.8, 4) is 0 Å². The van der Waals surface area contributed by atoms with Gasteiger partial charge in [0.25, 0.3) is 0 Å². The Morgan fingerprint density at radius 1 is 1.05 bits per heavy atom. The Kier molecular flexibility index (Phi) is 8.21. The molecule has 0 aliphatic carbocycles. The van der Waals surface area contributed by atoms with Gasteiger partial charge in [0.15, 0.2) is 0 Å². The van der Waals surface area contributed by atoms with Gasteiger partial charge in [0.2, 0.25) is 11.8 Å². The van der Waals surface area contributed by atoms with E-state index in [1.165, 1.54) is 19.8 Å². The average Bonchev–Trinajstić information content (AvgIpc) is 2.85. The van der Waals surface area contributed by atoms with Crippen LogP contribution >= 0.6 is 23.2 Å². The minimum Gasteiger partial charge on any atom is -0.481 e. The number of carboxylic acid groups (broad SMARTS) is 1. The number of nitrogens with zero attached hydrogens (tertiary/aromatic N) is 4. The average molecular weight is 548 g/mol. The molecule has 2 aromatic carbocycles. The number of likely N-dealkylation sites (N-methyl/N-ethyl adjacent to an activating group) is 1. The first kappa shape index (κ1) is 26.7. The van der Waals surface area contributed by atoms with Gasteiger partial charge in [0.05, 0.1) is 23.1 Å². The predicted molar refractivity (Wildman–Crippen MR) is 136 cm³/mol. The van der Waals surface area contributed by atoms with Gasteiger partial charge in [-0.15, -0.1) is 0 Å². The fraction of sp³-hybridized carbons (Fsp3) is 0.360. The first-order valence-corrected chi connectivity index (χ1v) is 12.5. The van der Waals surface area contributed by atoms with Crippen LogP contribution < -0.4 is 5.32 Å². The fourth-order valence-electron chi connectivity index (χ4n) is 4.70. The Morgan fingerprint density at radius 3 is 2.46 bits per heavy atom. The number of amides is 4. The lowest BCUT2D eigenvalue weighted by Crippen LogP contribution is -2.75. The molecule has 2 saturated heterocycles.